The summed E-state index contributed by atoms with van der Waals surface area (Å²) in [7, 11) is 4.10. The molecule has 0 saturated carbocycles. The summed E-state index contributed by atoms with van der Waals surface area (Å²) in [6.45, 7) is 1.38. The number of hydrogen-bond acceptors (Lipinski definition) is 2. The highest BCUT2D eigenvalue weighted by Crippen LogP contribution is 2.22. The zero-order valence-corrected chi connectivity index (χ0v) is 12.8. The third-order valence-electron chi connectivity index (χ3n) is 3.66. The van der Waals surface area contributed by atoms with Gasteiger partial charge in [0.1, 0.15) is 5.82 Å². The third kappa shape index (κ3) is 3.15. The van der Waals surface area contributed by atoms with E-state index >= 15 is 0 Å². The molecule has 1 aromatic rings. The van der Waals surface area contributed by atoms with Crippen LogP contribution < -0.4 is 0 Å². The monoisotopic (exact) mass is 328 g/mol. The van der Waals surface area contributed by atoms with E-state index < -0.39 is 5.82 Å². The summed E-state index contributed by atoms with van der Waals surface area (Å²) in [5.74, 6) is -0.682. The first kappa shape index (κ1) is 14.5. The van der Waals surface area contributed by atoms with E-state index in [4.69, 9.17) is 0 Å². The smallest absolute Gasteiger partial charge is 0.256 e. The van der Waals surface area contributed by atoms with Gasteiger partial charge in [-0.1, -0.05) is 6.07 Å². The number of carbonyl (C=O) groups excluding carboxylic acids is 1. The topological polar surface area (TPSA) is 23.6 Å². The molecule has 104 valence electrons. The van der Waals surface area contributed by atoms with Crippen molar-refractivity contribution in [3.8, 4) is 0 Å². The first-order valence-corrected chi connectivity index (χ1v) is 7.19. The molecule has 19 heavy (non-hydrogen) atoms. The molecule has 0 radical (unpaired) electrons. The van der Waals surface area contributed by atoms with Gasteiger partial charge in [-0.05, 0) is 55.0 Å². The van der Waals surface area contributed by atoms with Gasteiger partial charge < -0.3 is 9.80 Å². The second-order valence-electron chi connectivity index (χ2n) is 5.09. The number of benzene rings is 1. The lowest BCUT2D eigenvalue weighted by Crippen LogP contribution is -2.44. The highest BCUT2D eigenvalue weighted by Gasteiger charge is 2.26. The predicted octanol–water partition coefficient (Wildman–Crippen LogP) is 2.75. The summed E-state index contributed by atoms with van der Waals surface area (Å²) in [6.07, 6.45) is 1.88. The summed E-state index contributed by atoms with van der Waals surface area (Å²) in [5.41, 5.74) is 0.151. The fourth-order valence-corrected chi connectivity index (χ4v) is 2.79. The maximum atomic E-state index is 13.9. The average molecular weight is 329 g/mol. The van der Waals surface area contributed by atoms with Gasteiger partial charge >= 0.3 is 0 Å². The van der Waals surface area contributed by atoms with Crippen LogP contribution in [0.1, 0.15) is 23.2 Å². The van der Waals surface area contributed by atoms with Crippen LogP contribution in [-0.2, 0) is 0 Å². The molecule has 0 spiro atoms. The molecular formula is C14H18BrFN2O. The molecule has 0 aromatic heterocycles. The molecule has 2 rings (SSSR count). The number of piperidine rings is 1. The number of rotatable bonds is 2. The largest absolute Gasteiger partial charge is 0.338 e. The fourth-order valence-electron chi connectivity index (χ4n) is 2.42. The van der Waals surface area contributed by atoms with Crippen LogP contribution in [0.4, 0.5) is 4.39 Å². The van der Waals surface area contributed by atoms with Crippen LogP contribution in [0.5, 0.6) is 0 Å². The SMILES string of the molecule is CN(C)C1CCN(C(=O)c2cccc(Br)c2F)CC1. The molecule has 0 unspecified atom stereocenters. The average Bonchev–Trinajstić information content (AvgIpc) is 2.41. The fraction of sp³-hybridized carbons (Fsp3) is 0.500. The number of amides is 1. The molecule has 1 aromatic carbocycles. The lowest BCUT2D eigenvalue weighted by molar-refractivity contribution is 0.0658. The van der Waals surface area contributed by atoms with Crippen molar-refractivity contribution in [2.45, 2.75) is 18.9 Å². The molecule has 0 atom stereocenters. The van der Waals surface area contributed by atoms with Gasteiger partial charge in [0, 0.05) is 19.1 Å². The van der Waals surface area contributed by atoms with E-state index in [1.807, 2.05) is 0 Å². The zero-order chi connectivity index (χ0) is 14.0. The van der Waals surface area contributed by atoms with Crippen LogP contribution in [0.2, 0.25) is 0 Å². The molecule has 3 nitrogen and oxygen atoms in total. The van der Waals surface area contributed by atoms with Gasteiger partial charge in [0.15, 0.2) is 0 Å². The molecule has 1 amide bonds. The number of nitrogens with zero attached hydrogens (tertiary/aromatic N) is 2. The van der Waals surface area contributed by atoms with Crippen molar-refractivity contribution in [2.75, 3.05) is 27.2 Å². The number of halogens is 2. The van der Waals surface area contributed by atoms with Crippen LogP contribution in [0.25, 0.3) is 0 Å². The van der Waals surface area contributed by atoms with E-state index in [1.165, 1.54) is 0 Å². The third-order valence-corrected chi connectivity index (χ3v) is 4.28. The van der Waals surface area contributed by atoms with Crippen molar-refractivity contribution in [3.05, 3.63) is 34.1 Å². The Labute approximate surface area is 121 Å². The van der Waals surface area contributed by atoms with E-state index in [2.05, 4.69) is 34.9 Å². The molecule has 1 saturated heterocycles. The van der Waals surface area contributed by atoms with Crippen LogP contribution in [-0.4, -0.2) is 48.9 Å². The van der Waals surface area contributed by atoms with E-state index in [1.54, 1.807) is 23.1 Å². The highest BCUT2D eigenvalue weighted by molar-refractivity contribution is 9.10. The summed E-state index contributed by atoms with van der Waals surface area (Å²) < 4.78 is 14.2. The van der Waals surface area contributed by atoms with E-state index in [9.17, 15) is 9.18 Å². The molecule has 0 N–H and O–H groups in total. The maximum absolute atomic E-state index is 13.9. The first-order chi connectivity index (χ1) is 9.00. The van der Waals surface area contributed by atoms with Gasteiger partial charge in [-0.2, -0.15) is 0 Å². The first-order valence-electron chi connectivity index (χ1n) is 6.40. The summed E-state index contributed by atoms with van der Waals surface area (Å²) in [6, 6.07) is 5.34. The second kappa shape index (κ2) is 6.01. The lowest BCUT2D eigenvalue weighted by Gasteiger charge is -2.35. The second-order valence-corrected chi connectivity index (χ2v) is 5.94. The minimum atomic E-state index is -0.470. The Kier molecular flexibility index (Phi) is 4.58. The molecule has 1 aliphatic heterocycles. The Morgan fingerprint density at radius 1 is 1.37 bits per heavy atom. The summed E-state index contributed by atoms with van der Waals surface area (Å²) in [5, 5.41) is 0. The molecule has 1 aliphatic rings. The molecule has 0 aliphatic carbocycles. The quantitative estimate of drug-likeness (QED) is 0.833. The van der Waals surface area contributed by atoms with Crippen LogP contribution in [0, 0.1) is 5.82 Å². The Morgan fingerprint density at radius 3 is 2.58 bits per heavy atom. The summed E-state index contributed by atoms with van der Waals surface area (Å²) >= 11 is 3.11. The summed E-state index contributed by atoms with van der Waals surface area (Å²) in [4.78, 5) is 16.2. The zero-order valence-electron chi connectivity index (χ0n) is 11.2. The minimum absolute atomic E-state index is 0.151. The van der Waals surface area contributed by atoms with E-state index in [-0.39, 0.29) is 11.5 Å². The van der Waals surface area contributed by atoms with Crippen LogP contribution in [0.15, 0.2) is 22.7 Å². The van der Waals surface area contributed by atoms with Gasteiger partial charge in [0.05, 0.1) is 10.0 Å². The van der Waals surface area contributed by atoms with Crippen molar-refractivity contribution < 1.29 is 9.18 Å². The van der Waals surface area contributed by atoms with Crippen LogP contribution >= 0.6 is 15.9 Å². The molecule has 1 fully saturated rings. The predicted molar refractivity (Wildman–Crippen MR) is 76.7 cm³/mol. The van der Waals surface area contributed by atoms with Gasteiger partial charge in [-0.25, -0.2) is 4.39 Å². The normalized spacial score (nSPS) is 17.0. The Bertz CT molecular complexity index is 471. The van der Waals surface area contributed by atoms with Crippen molar-refractivity contribution in [1.82, 2.24) is 9.80 Å². The van der Waals surface area contributed by atoms with Crippen molar-refractivity contribution >= 4 is 21.8 Å². The highest BCUT2D eigenvalue weighted by atomic mass is 79.9. The van der Waals surface area contributed by atoms with Crippen molar-refractivity contribution in [2.24, 2.45) is 0 Å². The molecule has 1 heterocycles. The molecule has 0 bridgehead atoms. The standard InChI is InChI=1S/C14H18BrFN2O/c1-17(2)10-6-8-18(9-7-10)14(19)11-4-3-5-12(15)13(11)16/h3-5,10H,6-9H2,1-2H3. The lowest BCUT2D eigenvalue weighted by atomic mass is 10.0. The van der Waals surface area contributed by atoms with Crippen molar-refractivity contribution in [1.29, 1.82) is 0 Å². The van der Waals surface area contributed by atoms with Gasteiger partial charge in [0.2, 0.25) is 0 Å². The Balaban J connectivity index is 2.07. The van der Waals surface area contributed by atoms with Crippen LogP contribution in [0.3, 0.4) is 0 Å². The van der Waals surface area contributed by atoms with E-state index in [0.717, 1.165) is 12.8 Å². The maximum Gasteiger partial charge on any atom is 0.256 e. The number of likely N-dealkylation sites (tertiary alicyclic amines) is 1. The van der Waals surface area contributed by atoms with E-state index in [0.29, 0.717) is 23.6 Å². The van der Waals surface area contributed by atoms with Gasteiger partial charge in [-0.3, -0.25) is 4.79 Å². The molecule has 5 heteroatoms. The minimum Gasteiger partial charge on any atom is -0.338 e. The Morgan fingerprint density at radius 2 is 2.00 bits per heavy atom. The van der Waals surface area contributed by atoms with Gasteiger partial charge in [0.25, 0.3) is 5.91 Å². The Hall–Kier alpha value is -0.940. The molecular weight excluding hydrogens is 311 g/mol. The number of carbonyl (C=O) groups is 1. The number of hydrogen-bond donors (Lipinski definition) is 0. The van der Waals surface area contributed by atoms with Gasteiger partial charge in [-0.15, -0.1) is 0 Å². The van der Waals surface area contributed by atoms with Crippen molar-refractivity contribution in [3.63, 3.8) is 0 Å².